The van der Waals surface area contributed by atoms with E-state index in [0.29, 0.717) is 21.0 Å². The summed E-state index contributed by atoms with van der Waals surface area (Å²) >= 11 is 12.0. The molecule has 7 nitrogen and oxygen atoms in total. The minimum atomic E-state index is -4.84. The smallest absolute Gasteiger partial charge is 0.352 e. The first-order valence-corrected chi connectivity index (χ1v) is 14.5. The number of amides is 2. The standard InChI is InChI=1S/C25H28Cl2F3N3O4S/c1-16(24(35)31-18-8-4-5-9-18)32(14-17-7-3-6-10-21(17)26)23(34)15-33(38(2,36)37)19-11-12-22(27)20(13-19)25(28,29)30/h3,6-7,10-13,16,18H,4-5,8-9,14-15H2,1-2H3,(H,31,35)/t16-/m1/s1. The zero-order chi connectivity index (χ0) is 28.3. The minimum Gasteiger partial charge on any atom is -0.352 e. The average Bonchev–Trinajstić information content (AvgIpc) is 3.33. The van der Waals surface area contributed by atoms with Gasteiger partial charge in [0.1, 0.15) is 12.6 Å². The lowest BCUT2D eigenvalue weighted by Crippen LogP contribution is -2.52. The maximum Gasteiger partial charge on any atom is 0.417 e. The summed E-state index contributed by atoms with van der Waals surface area (Å²) in [7, 11) is -4.22. The van der Waals surface area contributed by atoms with Gasteiger partial charge in [-0.25, -0.2) is 8.42 Å². The van der Waals surface area contributed by atoms with Gasteiger partial charge >= 0.3 is 6.18 Å². The zero-order valence-corrected chi connectivity index (χ0v) is 23.1. The summed E-state index contributed by atoms with van der Waals surface area (Å²) in [5.41, 5.74) is -1.12. The third kappa shape index (κ3) is 7.54. The molecule has 1 aliphatic carbocycles. The van der Waals surface area contributed by atoms with Gasteiger partial charge in [-0.15, -0.1) is 0 Å². The van der Waals surface area contributed by atoms with Crippen LogP contribution in [0, 0.1) is 0 Å². The van der Waals surface area contributed by atoms with Crippen molar-refractivity contribution in [3.63, 3.8) is 0 Å². The van der Waals surface area contributed by atoms with Gasteiger partial charge in [-0.1, -0.05) is 54.2 Å². The molecule has 0 spiro atoms. The van der Waals surface area contributed by atoms with Gasteiger partial charge < -0.3 is 10.2 Å². The molecule has 1 fully saturated rings. The van der Waals surface area contributed by atoms with E-state index in [1.54, 1.807) is 24.3 Å². The molecule has 208 valence electrons. The fourth-order valence-corrected chi connectivity index (χ4v) is 5.55. The van der Waals surface area contributed by atoms with Crippen molar-refractivity contribution in [2.24, 2.45) is 0 Å². The molecule has 1 saturated carbocycles. The second kappa shape index (κ2) is 12.1. The van der Waals surface area contributed by atoms with Crippen molar-refractivity contribution < 1.29 is 31.2 Å². The number of nitrogens with zero attached hydrogens (tertiary/aromatic N) is 2. The highest BCUT2D eigenvalue weighted by molar-refractivity contribution is 7.92. The molecular weight excluding hydrogens is 566 g/mol. The van der Waals surface area contributed by atoms with Gasteiger partial charge in [0.2, 0.25) is 21.8 Å². The summed E-state index contributed by atoms with van der Waals surface area (Å²) in [5.74, 6) is -1.22. The molecule has 2 aromatic carbocycles. The van der Waals surface area contributed by atoms with Crippen LogP contribution in [0.4, 0.5) is 18.9 Å². The van der Waals surface area contributed by atoms with Crippen LogP contribution in [-0.4, -0.2) is 50.0 Å². The third-order valence-electron chi connectivity index (χ3n) is 6.39. The number of carbonyl (C=O) groups is 2. The van der Waals surface area contributed by atoms with E-state index in [4.69, 9.17) is 23.2 Å². The van der Waals surface area contributed by atoms with E-state index < -0.39 is 56.9 Å². The molecule has 0 saturated heterocycles. The van der Waals surface area contributed by atoms with E-state index in [-0.39, 0.29) is 12.6 Å². The quantitative estimate of drug-likeness (QED) is 0.430. The Kier molecular flexibility index (Phi) is 9.59. The fraction of sp³-hybridized carbons (Fsp3) is 0.440. The van der Waals surface area contributed by atoms with Crippen LogP contribution in [0.1, 0.15) is 43.7 Å². The lowest BCUT2D eigenvalue weighted by Gasteiger charge is -2.32. The van der Waals surface area contributed by atoms with E-state index in [0.717, 1.165) is 44.1 Å². The molecule has 1 N–H and O–H groups in total. The van der Waals surface area contributed by atoms with Crippen LogP contribution in [0.2, 0.25) is 10.0 Å². The molecule has 38 heavy (non-hydrogen) atoms. The average molecular weight is 594 g/mol. The molecule has 0 bridgehead atoms. The Hall–Kier alpha value is -2.50. The second-order valence-corrected chi connectivity index (χ2v) is 11.9. The van der Waals surface area contributed by atoms with Crippen LogP contribution in [0.3, 0.4) is 0 Å². The van der Waals surface area contributed by atoms with Crippen LogP contribution in [0.25, 0.3) is 0 Å². The van der Waals surface area contributed by atoms with Crippen molar-refractivity contribution in [1.82, 2.24) is 10.2 Å². The number of alkyl halides is 3. The monoisotopic (exact) mass is 593 g/mol. The summed E-state index contributed by atoms with van der Waals surface area (Å²) in [6.45, 7) is 0.543. The number of benzene rings is 2. The van der Waals surface area contributed by atoms with E-state index in [2.05, 4.69) is 5.32 Å². The SMILES string of the molecule is C[C@H](C(=O)NC1CCCC1)N(Cc1ccccc1Cl)C(=O)CN(c1ccc(Cl)c(C(F)(F)F)c1)S(C)(=O)=O. The Labute approximate surface area is 229 Å². The number of rotatable bonds is 9. The number of halogens is 5. The Morgan fingerprint density at radius 3 is 2.29 bits per heavy atom. The molecule has 1 atom stereocenters. The molecule has 0 aliphatic heterocycles. The third-order valence-corrected chi connectivity index (χ3v) is 8.23. The molecule has 2 amide bonds. The van der Waals surface area contributed by atoms with Crippen LogP contribution in [-0.2, 0) is 32.3 Å². The lowest BCUT2D eigenvalue weighted by atomic mass is 10.1. The van der Waals surface area contributed by atoms with Crippen molar-refractivity contribution in [2.45, 2.75) is 57.4 Å². The van der Waals surface area contributed by atoms with Gasteiger partial charge in [0.05, 0.1) is 22.5 Å². The molecule has 0 radical (unpaired) electrons. The second-order valence-electron chi connectivity index (χ2n) is 9.21. The highest BCUT2D eigenvalue weighted by Gasteiger charge is 2.36. The van der Waals surface area contributed by atoms with E-state index >= 15 is 0 Å². The minimum absolute atomic E-state index is 0.0235. The van der Waals surface area contributed by atoms with Gasteiger partial charge in [-0.05, 0) is 49.6 Å². The first-order chi connectivity index (χ1) is 17.7. The van der Waals surface area contributed by atoms with E-state index in [9.17, 15) is 31.2 Å². The normalized spacial score (nSPS) is 15.2. The molecule has 0 heterocycles. The zero-order valence-electron chi connectivity index (χ0n) is 20.8. The van der Waals surface area contributed by atoms with Crippen molar-refractivity contribution in [1.29, 1.82) is 0 Å². The van der Waals surface area contributed by atoms with Crippen LogP contribution >= 0.6 is 23.2 Å². The maximum atomic E-state index is 13.6. The highest BCUT2D eigenvalue weighted by atomic mass is 35.5. The van der Waals surface area contributed by atoms with Gasteiger partial charge in [0, 0.05) is 17.6 Å². The number of hydrogen-bond acceptors (Lipinski definition) is 4. The topological polar surface area (TPSA) is 86.8 Å². The molecule has 1 aliphatic rings. The van der Waals surface area contributed by atoms with Crippen molar-refractivity contribution in [2.75, 3.05) is 17.1 Å². The molecule has 3 rings (SSSR count). The highest BCUT2D eigenvalue weighted by Crippen LogP contribution is 2.37. The molecule has 0 unspecified atom stereocenters. The maximum absolute atomic E-state index is 13.6. The Morgan fingerprint density at radius 2 is 1.71 bits per heavy atom. The van der Waals surface area contributed by atoms with Crippen LogP contribution in [0.15, 0.2) is 42.5 Å². The fourth-order valence-electron chi connectivity index (χ4n) is 4.28. The van der Waals surface area contributed by atoms with Crippen molar-refractivity contribution in [3.05, 3.63) is 63.6 Å². The first-order valence-electron chi connectivity index (χ1n) is 11.9. The molecule has 0 aromatic heterocycles. The number of sulfonamides is 1. The largest absolute Gasteiger partial charge is 0.417 e. The summed E-state index contributed by atoms with van der Waals surface area (Å²) in [6.07, 6.45) is -0.481. The van der Waals surface area contributed by atoms with Crippen molar-refractivity contribution >= 4 is 50.7 Å². The summed E-state index contributed by atoms with van der Waals surface area (Å²) in [4.78, 5) is 27.8. The summed E-state index contributed by atoms with van der Waals surface area (Å²) in [6, 6.07) is 8.20. The number of hydrogen-bond donors (Lipinski definition) is 1. The summed E-state index contributed by atoms with van der Waals surface area (Å²) in [5, 5.41) is 2.64. The molecule has 2 aromatic rings. The number of nitrogens with one attached hydrogen (secondary N) is 1. The Balaban J connectivity index is 1.95. The van der Waals surface area contributed by atoms with E-state index in [1.807, 2.05) is 0 Å². The van der Waals surface area contributed by atoms with Gasteiger partial charge in [0.25, 0.3) is 0 Å². The molecule has 13 heteroatoms. The van der Waals surface area contributed by atoms with Crippen molar-refractivity contribution in [3.8, 4) is 0 Å². The molecular formula is C25H28Cl2F3N3O4S. The predicted octanol–water partition coefficient (Wildman–Crippen LogP) is 5.25. The van der Waals surface area contributed by atoms with Crippen LogP contribution in [0.5, 0.6) is 0 Å². The van der Waals surface area contributed by atoms with Crippen LogP contribution < -0.4 is 9.62 Å². The van der Waals surface area contributed by atoms with E-state index in [1.165, 1.54) is 11.8 Å². The van der Waals surface area contributed by atoms with Gasteiger partial charge in [0.15, 0.2) is 0 Å². The summed E-state index contributed by atoms with van der Waals surface area (Å²) < 4.78 is 66.1. The number of anilines is 1. The van der Waals surface area contributed by atoms with Gasteiger partial charge in [-0.2, -0.15) is 13.2 Å². The lowest BCUT2D eigenvalue weighted by molar-refractivity contribution is -0.139. The first kappa shape index (κ1) is 30.0. The Morgan fingerprint density at radius 1 is 1.08 bits per heavy atom. The predicted molar refractivity (Wildman–Crippen MR) is 141 cm³/mol. The van der Waals surface area contributed by atoms with Gasteiger partial charge in [-0.3, -0.25) is 13.9 Å². The Bertz CT molecular complexity index is 1280. The number of carbonyl (C=O) groups excluding carboxylic acids is 2.